The van der Waals surface area contributed by atoms with E-state index < -0.39 is 0 Å². The van der Waals surface area contributed by atoms with Crippen molar-refractivity contribution in [3.05, 3.63) is 0 Å². The van der Waals surface area contributed by atoms with Crippen LogP contribution in [0.25, 0.3) is 0 Å². The highest BCUT2D eigenvalue weighted by Gasteiger charge is 2.27. The second-order valence-electron chi connectivity index (χ2n) is 9.33. The monoisotopic (exact) mass is 415 g/mol. The number of nitrogens with zero attached hydrogens (tertiary/aromatic N) is 1. The number of amides is 1. The largest absolute Gasteiger partial charge is 0.444 e. The van der Waals surface area contributed by atoms with E-state index in [1.165, 1.54) is 38.5 Å². The SMILES string of the molecule is CC.CC1CCN(C(=O)OC(C)(C)C)C1.CCCC.CCCCC(C)C(C)CC. The van der Waals surface area contributed by atoms with Crippen LogP contribution in [0.3, 0.4) is 0 Å². The van der Waals surface area contributed by atoms with Gasteiger partial charge in [0.2, 0.25) is 0 Å². The Balaban J connectivity index is -0.000000375. The zero-order valence-electron chi connectivity index (χ0n) is 22.4. The molecule has 29 heavy (non-hydrogen) atoms. The van der Waals surface area contributed by atoms with E-state index in [-0.39, 0.29) is 11.7 Å². The predicted octanol–water partition coefficient (Wildman–Crippen LogP) is 8.95. The number of rotatable bonds is 6. The lowest BCUT2D eigenvalue weighted by Gasteiger charge is -2.24. The van der Waals surface area contributed by atoms with Crippen LogP contribution in [0, 0.1) is 17.8 Å². The van der Waals surface area contributed by atoms with E-state index in [4.69, 9.17) is 4.74 Å². The summed E-state index contributed by atoms with van der Waals surface area (Å²) in [7, 11) is 0. The van der Waals surface area contributed by atoms with Gasteiger partial charge in [-0.3, -0.25) is 0 Å². The predicted molar refractivity (Wildman–Crippen MR) is 132 cm³/mol. The summed E-state index contributed by atoms with van der Waals surface area (Å²) < 4.78 is 5.26. The number of ether oxygens (including phenoxy) is 1. The normalized spacial score (nSPS) is 17.5. The van der Waals surface area contributed by atoms with Crippen molar-refractivity contribution in [2.24, 2.45) is 17.8 Å². The molecular formula is C26H57NO2. The first-order valence-corrected chi connectivity index (χ1v) is 12.5. The molecule has 0 saturated carbocycles. The molecule has 1 aliphatic heterocycles. The average molecular weight is 416 g/mol. The van der Waals surface area contributed by atoms with Gasteiger partial charge in [-0.1, -0.05) is 101 Å². The van der Waals surface area contributed by atoms with Gasteiger partial charge in [-0.2, -0.15) is 0 Å². The third-order valence-corrected chi connectivity index (χ3v) is 5.20. The molecule has 0 radical (unpaired) electrons. The molecule has 3 atom stereocenters. The number of unbranched alkanes of at least 4 members (excludes halogenated alkanes) is 2. The van der Waals surface area contributed by atoms with E-state index >= 15 is 0 Å². The van der Waals surface area contributed by atoms with Gasteiger partial charge < -0.3 is 9.64 Å². The maximum absolute atomic E-state index is 11.5. The van der Waals surface area contributed by atoms with E-state index in [1.807, 2.05) is 34.6 Å². The van der Waals surface area contributed by atoms with Crippen LogP contribution in [-0.4, -0.2) is 29.7 Å². The second-order valence-corrected chi connectivity index (χ2v) is 9.33. The Hall–Kier alpha value is -0.730. The van der Waals surface area contributed by atoms with Gasteiger partial charge in [0.15, 0.2) is 0 Å². The molecule has 1 saturated heterocycles. The van der Waals surface area contributed by atoms with Gasteiger partial charge in [0.25, 0.3) is 0 Å². The lowest BCUT2D eigenvalue weighted by Crippen LogP contribution is -2.35. The third-order valence-electron chi connectivity index (χ3n) is 5.20. The van der Waals surface area contributed by atoms with Crippen molar-refractivity contribution >= 4 is 6.09 Å². The summed E-state index contributed by atoms with van der Waals surface area (Å²) in [6, 6.07) is 0. The quantitative estimate of drug-likeness (QED) is 0.433. The molecule has 0 aromatic rings. The van der Waals surface area contributed by atoms with Gasteiger partial charge in [-0.25, -0.2) is 4.79 Å². The summed E-state index contributed by atoms with van der Waals surface area (Å²) in [4.78, 5) is 13.3. The standard InChI is InChI=1S/C10H19NO2.C10H22.C4H10.C2H6/c1-8-5-6-11(7-8)9(12)13-10(2,3)4;1-5-7-8-10(4)9(3)6-2;1-3-4-2;1-2/h8H,5-7H2,1-4H3;9-10H,5-8H2,1-4H3;3-4H2,1-2H3;1-2H3. The first kappa shape index (κ1) is 32.9. The number of carbonyl (C=O) groups is 1. The average Bonchev–Trinajstić information content (AvgIpc) is 3.13. The Morgan fingerprint density at radius 2 is 1.52 bits per heavy atom. The van der Waals surface area contributed by atoms with Crippen molar-refractivity contribution in [2.45, 2.75) is 134 Å². The van der Waals surface area contributed by atoms with Crippen molar-refractivity contribution in [1.29, 1.82) is 0 Å². The minimum absolute atomic E-state index is 0.170. The summed E-state index contributed by atoms with van der Waals surface area (Å²) in [6.45, 7) is 27.2. The molecule has 0 spiro atoms. The lowest BCUT2D eigenvalue weighted by atomic mass is 9.89. The highest BCUT2D eigenvalue weighted by atomic mass is 16.6. The molecule has 1 fully saturated rings. The van der Waals surface area contributed by atoms with Gasteiger partial charge in [-0.05, 0) is 44.9 Å². The fraction of sp³-hybridized carbons (Fsp3) is 0.962. The first-order chi connectivity index (χ1) is 13.5. The zero-order valence-corrected chi connectivity index (χ0v) is 22.4. The van der Waals surface area contributed by atoms with Crippen LogP contribution in [0.15, 0.2) is 0 Å². The summed E-state index contributed by atoms with van der Waals surface area (Å²) in [5, 5.41) is 0. The Kier molecular flexibility index (Phi) is 23.3. The molecule has 3 nitrogen and oxygen atoms in total. The molecule has 0 aromatic carbocycles. The lowest BCUT2D eigenvalue weighted by molar-refractivity contribution is 0.0289. The maximum atomic E-state index is 11.5. The molecule has 1 heterocycles. The highest BCUT2D eigenvalue weighted by molar-refractivity contribution is 5.68. The molecule has 1 aliphatic rings. The molecule has 1 rings (SSSR count). The van der Waals surface area contributed by atoms with Crippen LogP contribution in [0.5, 0.6) is 0 Å². The van der Waals surface area contributed by atoms with E-state index in [0.717, 1.165) is 31.3 Å². The molecule has 178 valence electrons. The molecule has 3 unspecified atom stereocenters. The zero-order chi connectivity index (χ0) is 23.5. The van der Waals surface area contributed by atoms with E-state index in [9.17, 15) is 4.79 Å². The summed E-state index contributed by atoms with van der Waals surface area (Å²) in [5.41, 5.74) is -0.372. The van der Waals surface area contributed by atoms with E-state index in [0.29, 0.717) is 5.92 Å². The molecule has 0 N–H and O–H groups in total. The summed E-state index contributed by atoms with van der Waals surface area (Å²) >= 11 is 0. The van der Waals surface area contributed by atoms with Gasteiger partial charge >= 0.3 is 6.09 Å². The third kappa shape index (κ3) is 21.8. The van der Waals surface area contributed by atoms with Crippen molar-refractivity contribution in [3.63, 3.8) is 0 Å². The Morgan fingerprint density at radius 1 is 1.00 bits per heavy atom. The van der Waals surface area contributed by atoms with Gasteiger partial charge in [0, 0.05) is 13.1 Å². The number of hydrogen-bond donors (Lipinski definition) is 0. The molecular weight excluding hydrogens is 358 g/mol. The minimum Gasteiger partial charge on any atom is -0.444 e. The van der Waals surface area contributed by atoms with Crippen LogP contribution in [-0.2, 0) is 4.74 Å². The van der Waals surface area contributed by atoms with E-state index in [2.05, 4.69) is 48.5 Å². The van der Waals surface area contributed by atoms with Crippen LogP contribution in [0.1, 0.15) is 128 Å². The van der Waals surface area contributed by atoms with Crippen molar-refractivity contribution in [1.82, 2.24) is 4.90 Å². The van der Waals surface area contributed by atoms with Crippen LogP contribution in [0.2, 0.25) is 0 Å². The number of carbonyl (C=O) groups excluding carboxylic acids is 1. The van der Waals surface area contributed by atoms with Gasteiger partial charge in [-0.15, -0.1) is 0 Å². The Bertz CT molecular complexity index is 347. The number of hydrogen-bond acceptors (Lipinski definition) is 2. The minimum atomic E-state index is -0.372. The second kappa shape index (κ2) is 20.5. The Labute approximate surface area is 185 Å². The van der Waals surface area contributed by atoms with Crippen LogP contribution < -0.4 is 0 Å². The van der Waals surface area contributed by atoms with E-state index in [1.54, 1.807) is 4.90 Å². The van der Waals surface area contributed by atoms with Crippen LogP contribution in [0.4, 0.5) is 4.79 Å². The Morgan fingerprint density at radius 3 is 1.83 bits per heavy atom. The summed E-state index contributed by atoms with van der Waals surface area (Å²) in [5.74, 6) is 2.48. The summed E-state index contributed by atoms with van der Waals surface area (Å²) in [6.07, 6.45) is 9.08. The van der Waals surface area contributed by atoms with Crippen molar-refractivity contribution < 1.29 is 9.53 Å². The first-order valence-electron chi connectivity index (χ1n) is 12.5. The molecule has 0 bridgehead atoms. The molecule has 0 aliphatic carbocycles. The van der Waals surface area contributed by atoms with Gasteiger partial charge in [0.05, 0.1) is 0 Å². The van der Waals surface area contributed by atoms with Crippen LogP contribution >= 0.6 is 0 Å². The van der Waals surface area contributed by atoms with Crippen molar-refractivity contribution in [3.8, 4) is 0 Å². The topological polar surface area (TPSA) is 29.5 Å². The fourth-order valence-corrected chi connectivity index (χ4v) is 2.64. The number of likely N-dealkylation sites (tertiary alicyclic amines) is 1. The molecule has 3 heteroatoms. The smallest absolute Gasteiger partial charge is 0.410 e. The molecule has 1 amide bonds. The maximum Gasteiger partial charge on any atom is 0.410 e. The van der Waals surface area contributed by atoms with Crippen molar-refractivity contribution in [2.75, 3.05) is 13.1 Å². The fourth-order valence-electron chi connectivity index (χ4n) is 2.64. The molecule has 0 aromatic heterocycles. The van der Waals surface area contributed by atoms with Gasteiger partial charge in [0.1, 0.15) is 5.60 Å². The highest BCUT2D eigenvalue weighted by Crippen LogP contribution is 2.20.